The lowest BCUT2D eigenvalue weighted by molar-refractivity contribution is -0.122. The molecule has 0 radical (unpaired) electrons. The highest BCUT2D eigenvalue weighted by Crippen LogP contribution is 2.23. The normalized spacial score (nSPS) is 16.1. The topological polar surface area (TPSA) is 118 Å². The van der Waals surface area contributed by atoms with Gasteiger partial charge in [0.2, 0.25) is 11.8 Å². The second kappa shape index (κ2) is 11.8. The van der Waals surface area contributed by atoms with E-state index in [9.17, 15) is 14.4 Å². The van der Waals surface area contributed by atoms with E-state index in [4.69, 9.17) is 9.47 Å². The number of anilines is 1. The van der Waals surface area contributed by atoms with E-state index in [0.717, 1.165) is 17.3 Å². The van der Waals surface area contributed by atoms with Gasteiger partial charge >= 0.3 is 5.97 Å². The van der Waals surface area contributed by atoms with Crippen molar-refractivity contribution in [1.82, 2.24) is 5.32 Å². The Bertz CT molecular complexity index is 1290. The zero-order chi connectivity index (χ0) is 25.3. The van der Waals surface area contributed by atoms with Gasteiger partial charge in [-0.25, -0.2) is 4.79 Å². The Morgan fingerprint density at radius 3 is 2.39 bits per heavy atom. The molecule has 3 aromatic carbocycles. The van der Waals surface area contributed by atoms with Gasteiger partial charge in [-0.1, -0.05) is 30.0 Å². The van der Waals surface area contributed by atoms with E-state index in [1.165, 1.54) is 6.21 Å². The van der Waals surface area contributed by atoms with Crippen molar-refractivity contribution in [2.24, 2.45) is 10.2 Å². The van der Waals surface area contributed by atoms with E-state index in [-0.39, 0.29) is 18.2 Å². The Kier molecular flexibility index (Phi) is 8.09. The van der Waals surface area contributed by atoms with E-state index in [1.54, 1.807) is 79.9 Å². The minimum atomic E-state index is -0.601. The Hall–Kier alpha value is -4.44. The van der Waals surface area contributed by atoms with Gasteiger partial charge in [0.05, 0.1) is 18.9 Å². The molecule has 0 unspecified atom stereocenters. The number of carbonyl (C=O) groups excluding carboxylic acids is 3. The van der Waals surface area contributed by atoms with Crippen LogP contribution >= 0.6 is 11.8 Å². The highest BCUT2D eigenvalue weighted by molar-refractivity contribution is 8.15. The molecule has 1 aliphatic heterocycles. The number of thioether (sulfide) groups is 1. The molecule has 2 N–H and O–H groups in total. The van der Waals surface area contributed by atoms with Crippen molar-refractivity contribution in [3.8, 4) is 11.5 Å². The highest BCUT2D eigenvalue weighted by atomic mass is 32.2. The predicted octanol–water partition coefficient (Wildman–Crippen LogP) is 3.86. The van der Waals surface area contributed by atoms with Gasteiger partial charge in [-0.15, -0.1) is 5.10 Å². The third kappa shape index (κ3) is 6.80. The number of rotatable bonds is 8. The number of hydrogen-bond acceptors (Lipinski definition) is 8. The smallest absolute Gasteiger partial charge is 0.343 e. The van der Waals surface area contributed by atoms with Crippen molar-refractivity contribution in [2.75, 3.05) is 12.4 Å². The van der Waals surface area contributed by atoms with Crippen molar-refractivity contribution in [2.45, 2.75) is 11.7 Å². The molecule has 1 saturated heterocycles. The van der Waals surface area contributed by atoms with Gasteiger partial charge in [-0.2, -0.15) is 5.10 Å². The van der Waals surface area contributed by atoms with E-state index in [2.05, 4.69) is 20.8 Å². The number of amides is 2. The fourth-order valence-electron chi connectivity index (χ4n) is 3.15. The number of carbonyl (C=O) groups is 3. The number of benzene rings is 3. The largest absolute Gasteiger partial charge is 0.497 e. The maximum Gasteiger partial charge on any atom is 0.343 e. The number of hydrogen-bond donors (Lipinski definition) is 2. The molecule has 1 atom stereocenters. The molecule has 0 spiro atoms. The van der Waals surface area contributed by atoms with E-state index < -0.39 is 11.2 Å². The van der Waals surface area contributed by atoms with Crippen molar-refractivity contribution < 1.29 is 23.9 Å². The Morgan fingerprint density at radius 1 is 1.00 bits per heavy atom. The molecule has 0 aliphatic carbocycles. The second-order valence-corrected chi connectivity index (χ2v) is 8.74. The summed E-state index contributed by atoms with van der Waals surface area (Å²) in [6.45, 7) is 0. The molecule has 0 saturated carbocycles. The van der Waals surface area contributed by atoms with Crippen molar-refractivity contribution in [1.29, 1.82) is 0 Å². The van der Waals surface area contributed by atoms with Crippen LogP contribution in [-0.2, 0) is 9.59 Å². The first-order valence-electron chi connectivity index (χ1n) is 10.9. The summed E-state index contributed by atoms with van der Waals surface area (Å²) in [5, 5.41) is 13.1. The first-order valence-corrected chi connectivity index (χ1v) is 11.8. The molecule has 4 rings (SSSR count). The third-order valence-corrected chi connectivity index (χ3v) is 6.05. The number of ether oxygens (including phenoxy) is 2. The summed E-state index contributed by atoms with van der Waals surface area (Å²) >= 11 is 1.14. The van der Waals surface area contributed by atoms with Crippen LogP contribution in [0.4, 0.5) is 5.69 Å². The van der Waals surface area contributed by atoms with E-state index in [0.29, 0.717) is 27.9 Å². The zero-order valence-electron chi connectivity index (χ0n) is 19.2. The maximum atomic E-state index is 12.3. The summed E-state index contributed by atoms with van der Waals surface area (Å²) in [5.41, 5.74) is 1.80. The van der Waals surface area contributed by atoms with Crippen LogP contribution in [0.15, 0.2) is 89.1 Å². The maximum absolute atomic E-state index is 12.3. The zero-order valence-corrected chi connectivity index (χ0v) is 20.0. The highest BCUT2D eigenvalue weighted by Gasteiger charge is 2.32. The average Bonchev–Trinajstić information content (AvgIpc) is 3.24. The van der Waals surface area contributed by atoms with Gasteiger partial charge < -0.3 is 20.1 Å². The molecule has 182 valence electrons. The first-order chi connectivity index (χ1) is 17.5. The lowest BCUT2D eigenvalue weighted by Gasteiger charge is -2.08. The van der Waals surface area contributed by atoms with E-state index >= 15 is 0 Å². The first kappa shape index (κ1) is 24.7. The lowest BCUT2D eigenvalue weighted by atomic mass is 10.2. The molecule has 36 heavy (non-hydrogen) atoms. The fraction of sp³-hybridized carbons (Fsp3) is 0.115. The molecule has 9 nitrogen and oxygen atoms in total. The monoisotopic (exact) mass is 502 g/mol. The number of esters is 1. The van der Waals surface area contributed by atoms with Crippen LogP contribution in [-0.4, -0.2) is 41.5 Å². The number of nitrogens with one attached hydrogen (secondary N) is 2. The predicted molar refractivity (Wildman–Crippen MR) is 139 cm³/mol. The number of nitrogens with zero attached hydrogens (tertiary/aromatic N) is 2. The fourth-order valence-corrected chi connectivity index (χ4v) is 4.08. The van der Waals surface area contributed by atoms with Crippen LogP contribution in [0.3, 0.4) is 0 Å². The Balaban J connectivity index is 1.27. The molecule has 0 bridgehead atoms. The van der Waals surface area contributed by atoms with Crippen LogP contribution in [0.25, 0.3) is 0 Å². The summed E-state index contributed by atoms with van der Waals surface area (Å²) in [6, 6.07) is 22.4. The van der Waals surface area contributed by atoms with Gasteiger partial charge in [-0.3, -0.25) is 9.59 Å². The molecule has 1 heterocycles. The SMILES string of the molecule is COc1ccc(NC(=O)C[C@@H]2S/C(=N\N=C/c3ccc(OC(=O)c4ccccc4)cc3)NC2=O)cc1. The van der Waals surface area contributed by atoms with Crippen LogP contribution in [0.5, 0.6) is 11.5 Å². The quantitative estimate of drug-likeness (QED) is 0.209. The summed E-state index contributed by atoms with van der Waals surface area (Å²) in [6.07, 6.45) is 1.50. The lowest BCUT2D eigenvalue weighted by Crippen LogP contribution is -2.28. The minimum absolute atomic E-state index is 0.00553. The Morgan fingerprint density at radius 2 is 1.69 bits per heavy atom. The van der Waals surface area contributed by atoms with Crippen LogP contribution in [0.2, 0.25) is 0 Å². The van der Waals surface area contributed by atoms with Crippen molar-refractivity contribution in [3.63, 3.8) is 0 Å². The standard InChI is InChI=1S/C26H22N4O5S/c1-34-20-13-9-19(10-14-20)28-23(31)15-22-24(32)29-26(36-22)30-27-16-17-7-11-21(12-8-17)35-25(33)18-5-3-2-4-6-18/h2-14,16,22H,15H2,1H3,(H,28,31)(H,29,30,32)/b27-16-/t22-/m0/s1. The van der Waals surface area contributed by atoms with Gasteiger partial charge in [0.15, 0.2) is 5.17 Å². The van der Waals surface area contributed by atoms with Crippen LogP contribution in [0, 0.1) is 0 Å². The third-order valence-electron chi connectivity index (χ3n) is 4.98. The van der Waals surface area contributed by atoms with Crippen LogP contribution in [0.1, 0.15) is 22.3 Å². The average molecular weight is 503 g/mol. The van der Waals surface area contributed by atoms with Gasteiger partial charge in [-0.05, 0) is 66.2 Å². The second-order valence-electron chi connectivity index (χ2n) is 7.55. The van der Waals surface area contributed by atoms with E-state index in [1.807, 2.05) is 6.07 Å². The Labute approximate surface area is 211 Å². The molecular formula is C26H22N4O5S. The van der Waals surface area contributed by atoms with Gasteiger partial charge in [0.1, 0.15) is 16.7 Å². The molecular weight excluding hydrogens is 480 g/mol. The number of methoxy groups -OCH3 is 1. The molecule has 1 fully saturated rings. The summed E-state index contributed by atoms with van der Waals surface area (Å²) in [4.78, 5) is 36.6. The molecule has 10 heteroatoms. The van der Waals surface area contributed by atoms with Gasteiger partial charge in [0.25, 0.3) is 0 Å². The minimum Gasteiger partial charge on any atom is -0.497 e. The number of amidine groups is 1. The molecule has 1 aliphatic rings. The van der Waals surface area contributed by atoms with Crippen molar-refractivity contribution >= 4 is 46.6 Å². The van der Waals surface area contributed by atoms with Crippen LogP contribution < -0.4 is 20.1 Å². The molecule has 2 amide bonds. The summed E-state index contributed by atoms with van der Waals surface area (Å²) in [5.74, 6) is 0.0583. The van der Waals surface area contributed by atoms with Gasteiger partial charge in [0, 0.05) is 12.1 Å². The summed E-state index contributed by atoms with van der Waals surface area (Å²) < 4.78 is 10.4. The van der Waals surface area contributed by atoms with Crippen molar-refractivity contribution in [3.05, 3.63) is 90.0 Å². The molecule has 0 aromatic heterocycles. The summed E-state index contributed by atoms with van der Waals surface area (Å²) in [7, 11) is 1.56. The molecule has 3 aromatic rings.